The number of nitrogens with one attached hydrogen (secondary N) is 1. The highest BCUT2D eigenvalue weighted by Crippen LogP contribution is 2.31. The molecule has 3 N–H and O–H groups in total. The molecule has 0 spiro atoms. The third kappa shape index (κ3) is 1.94. The Balaban J connectivity index is 1.84. The molecule has 2 aliphatic heterocycles. The molecule has 2 aliphatic rings. The highest BCUT2D eigenvalue weighted by Gasteiger charge is 2.25. The first-order valence-electron chi connectivity index (χ1n) is 6.00. The van der Waals surface area contributed by atoms with Gasteiger partial charge in [-0.15, -0.1) is 0 Å². The summed E-state index contributed by atoms with van der Waals surface area (Å²) in [5.41, 5.74) is 9.33. The van der Waals surface area contributed by atoms with E-state index in [1.54, 1.807) is 0 Å². The Hall–Kier alpha value is -1.39. The van der Waals surface area contributed by atoms with Crippen molar-refractivity contribution in [1.29, 1.82) is 0 Å². The molecule has 0 aromatic heterocycles. The molecule has 2 unspecified atom stereocenters. The number of hydrogen-bond donors (Lipinski definition) is 2. The summed E-state index contributed by atoms with van der Waals surface area (Å²) in [7, 11) is 0. The number of rotatable bonds is 2. The van der Waals surface area contributed by atoms with Crippen molar-refractivity contribution < 1.29 is 9.53 Å². The Morgan fingerprint density at radius 3 is 3.12 bits per heavy atom. The van der Waals surface area contributed by atoms with E-state index in [2.05, 4.69) is 11.4 Å². The molecule has 0 bridgehead atoms. The van der Waals surface area contributed by atoms with Gasteiger partial charge in [-0.25, -0.2) is 0 Å². The molecule has 1 saturated heterocycles. The van der Waals surface area contributed by atoms with Crippen molar-refractivity contribution in [3.05, 3.63) is 29.3 Å². The van der Waals surface area contributed by atoms with Crippen LogP contribution in [0.3, 0.4) is 0 Å². The van der Waals surface area contributed by atoms with Gasteiger partial charge in [-0.2, -0.15) is 0 Å². The van der Waals surface area contributed by atoms with Crippen LogP contribution in [0.1, 0.15) is 23.6 Å². The van der Waals surface area contributed by atoms with Crippen molar-refractivity contribution in [3.63, 3.8) is 0 Å². The van der Waals surface area contributed by atoms with E-state index in [9.17, 15) is 4.79 Å². The van der Waals surface area contributed by atoms with Crippen LogP contribution in [0, 0.1) is 5.92 Å². The predicted molar refractivity (Wildman–Crippen MR) is 64.6 cm³/mol. The number of ether oxygens (including phenoxy) is 1. The Morgan fingerprint density at radius 1 is 1.47 bits per heavy atom. The second kappa shape index (κ2) is 4.13. The van der Waals surface area contributed by atoms with Crippen molar-refractivity contribution in [2.24, 2.45) is 11.7 Å². The summed E-state index contributed by atoms with van der Waals surface area (Å²) < 4.78 is 5.36. The number of fused-ring (bicyclic) bond motifs is 1. The lowest BCUT2D eigenvalue weighted by Gasteiger charge is -2.18. The molecular formula is C13H16N2O2. The number of benzene rings is 1. The first kappa shape index (κ1) is 10.7. The van der Waals surface area contributed by atoms with Crippen molar-refractivity contribution in [1.82, 2.24) is 0 Å². The van der Waals surface area contributed by atoms with E-state index in [1.807, 2.05) is 12.1 Å². The molecule has 0 saturated carbocycles. The Labute approximate surface area is 100 Å². The molecule has 0 radical (unpaired) electrons. The van der Waals surface area contributed by atoms with E-state index in [0.717, 1.165) is 36.4 Å². The maximum atomic E-state index is 11.3. The highest BCUT2D eigenvalue weighted by molar-refractivity contribution is 5.99. The summed E-state index contributed by atoms with van der Waals surface area (Å²) in [6.45, 7) is 1.55. The fourth-order valence-electron chi connectivity index (χ4n) is 2.56. The number of hydrogen-bond acceptors (Lipinski definition) is 3. The van der Waals surface area contributed by atoms with Gasteiger partial charge in [-0.1, -0.05) is 12.1 Å². The van der Waals surface area contributed by atoms with Gasteiger partial charge in [0, 0.05) is 24.3 Å². The van der Waals surface area contributed by atoms with Crippen LogP contribution in [-0.4, -0.2) is 19.1 Å². The SMILES string of the molecule is NC(c1ccc2c(c1)CC(=O)N2)C1CCOC1. The van der Waals surface area contributed by atoms with Gasteiger partial charge in [-0.3, -0.25) is 4.79 Å². The minimum Gasteiger partial charge on any atom is -0.381 e. The van der Waals surface area contributed by atoms with Crippen LogP contribution in [0.4, 0.5) is 5.69 Å². The van der Waals surface area contributed by atoms with Crippen LogP contribution < -0.4 is 11.1 Å². The summed E-state index contributed by atoms with van der Waals surface area (Å²) in [6.07, 6.45) is 1.49. The molecule has 4 heteroatoms. The fraction of sp³-hybridized carbons (Fsp3) is 0.462. The van der Waals surface area contributed by atoms with E-state index in [0.29, 0.717) is 12.3 Å². The average molecular weight is 232 g/mol. The lowest BCUT2D eigenvalue weighted by Crippen LogP contribution is -2.21. The van der Waals surface area contributed by atoms with Gasteiger partial charge in [0.15, 0.2) is 0 Å². The third-order valence-electron chi connectivity index (χ3n) is 3.61. The van der Waals surface area contributed by atoms with E-state index in [1.165, 1.54) is 0 Å². The summed E-state index contributed by atoms with van der Waals surface area (Å²) in [4.78, 5) is 11.3. The molecule has 2 heterocycles. The lowest BCUT2D eigenvalue weighted by atomic mass is 9.92. The van der Waals surface area contributed by atoms with Crippen LogP contribution in [0.25, 0.3) is 0 Å². The fourth-order valence-corrected chi connectivity index (χ4v) is 2.56. The van der Waals surface area contributed by atoms with Gasteiger partial charge in [0.05, 0.1) is 13.0 Å². The molecule has 4 nitrogen and oxygen atoms in total. The number of carbonyl (C=O) groups excluding carboxylic acids is 1. The Kier molecular flexibility index (Phi) is 2.61. The van der Waals surface area contributed by atoms with Gasteiger partial charge in [0.1, 0.15) is 0 Å². The maximum Gasteiger partial charge on any atom is 0.228 e. The zero-order valence-corrected chi connectivity index (χ0v) is 9.61. The lowest BCUT2D eigenvalue weighted by molar-refractivity contribution is -0.115. The van der Waals surface area contributed by atoms with Crippen LogP contribution in [0.5, 0.6) is 0 Å². The van der Waals surface area contributed by atoms with Crippen molar-refractivity contribution >= 4 is 11.6 Å². The highest BCUT2D eigenvalue weighted by atomic mass is 16.5. The van der Waals surface area contributed by atoms with E-state index in [-0.39, 0.29) is 11.9 Å². The number of nitrogens with two attached hydrogens (primary N) is 1. The van der Waals surface area contributed by atoms with Gasteiger partial charge in [0.25, 0.3) is 0 Å². The van der Waals surface area contributed by atoms with Gasteiger partial charge in [0.2, 0.25) is 5.91 Å². The summed E-state index contributed by atoms with van der Waals surface area (Å²) in [5.74, 6) is 0.466. The summed E-state index contributed by atoms with van der Waals surface area (Å²) in [5, 5.41) is 2.83. The molecule has 90 valence electrons. The first-order chi connectivity index (χ1) is 8.24. The standard InChI is InChI=1S/C13H16N2O2/c14-13(9-3-4-17-7-9)8-1-2-11-10(5-8)6-12(16)15-11/h1-2,5,9,13H,3-4,6-7,14H2,(H,15,16). The minimum atomic E-state index is 0.0125. The summed E-state index contributed by atoms with van der Waals surface area (Å²) >= 11 is 0. The molecule has 17 heavy (non-hydrogen) atoms. The molecule has 2 atom stereocenters. The van der Waals surface area contributed by atoms with E-state index in [4.69, 9.17) is 10.5 Å². The number of amides is 1. The minimum absolute atomic E-state index is 0.0125. The van der Waals surface area contributed by atoms with Crippen molar-refractivity contribution in [3.8, 4) is 0 Å². The molecule has 0 aliphatic carbocycles. The van der Waals surface area contributed by atoms with Crippen LogP contribution in [0.2, 0.25) is 0 Å². The predicted octanol–water partition coefficient (Wildman–Crippen LogP) is 1.22. The van der Waals surface area contributed by atoms with E-state index >= 15 is 0 Å². The second-order valence-corrected chi connectivity index (χ2v) is 4.79. The third-order valence-corrected chi connectivity index (χ3v) is 3.61. The monoisotopic (exact) mass is 232 g/mol. The summed E-state index contributed by atoms with van der Waals surface area (Å²) in [6, 6.07) is 6.02. The smallest absolute Gasteiger partial charge is 0.228 e. The van der Waals surface area contributed by atoms with Gasteiger partial charge >= 0.3 is 0 Å². The molecule has 1 aromatic rings. The van der Waals surface area contributed by atoms with Crippen LogP contribution in [0.15, 0.2) is 18.2 Å². The molecule has 1 fully saturated rings. The van der Waals surface area contributed by atoms with Crippen LogP contribution in [-0.2, 0) is 16.0 Å². The topological polar surface area (TPSA) is 64.4 Å². The molecule has 1 aromatic carbocycles. The molecule has 3 rings (SSSR count). The Bertz CT molecular complexity index is 453. The van der Waals surface area contributed by atoms with Crippen LogP contribution >= 0.6 is 0 Å². The zero-order valence-electron chi connectivity index (χ0n) is 9.61. The van der Waals surface area contributed by atoms with Gasteiger partial charge in [-0.05, 0) is 23.6 Å². The number of carbonyl (C=O) groups is 1. The molecule has 1 amide bonds. The second-order valence-electron chi connectivity index (χ2n) is 4.79. The maximum absolute atomic E-state index is 11.3. The first-order valence-corrected chi connectivity index (χ1v) is 6.00. The van der Waals surface area contributed by atoms with Crippen molar-refractivity contribution in [2.75, 3.05) is 18.5 Å². The quantitative estimate of drug-likeness (QED) is 0.805. The van der Waals surface area contributed by atoms with Gasteiger partial charge < -0.3 is 15.8 Å². The van der Waals surface area contributed by atoms with Crippen molar-refractivity contribution in [2.45, 2.75) is 18.9 Å². The van der Waals surface area contributed by atoms with E-state index < -0.39 is 0 Å². The number of anilines is 1. The Morgan fingerprint density at radius 2 is 2.35 bits per heavy atom. The largest absolute Gasteiger partial charge is 0.381 e. The zero-order chi connectivity index (χ0) is 11.8. The normalized spacial score (nSPS) is 24.5. The average Bonchev–Trinajstić information content (AvgIpc) is 2.94. The molecular weight excluding hydrogens is 216 g/mol.